The largest absolute Gasteiger partial charge is 0.380 e. The van der Waals surface area contributed by atoms with E-state index in [1.807, 2.05) is 0 Å². The molecule has 1 amide bonds. The topological polar surface area (TPSA) is 164 Å². The SMILES string of the molecule is CN(O)C(=O)C(=O)CC(O)(c1cccc([N+](=O)[O-])c1)c1cccc([N+](=O)[O-])c1. The van der Waals surface area contributed by atoms with Crippen LogP contribution in [0.2, 0.25) is 0 Å². The van der Waals surface area contributed by atoms with E-state index in [4.69, 9.17) is 5.21 Å². The van der Waals surface area contributed by atoms with E-state index in [-0.39, 0.29) is 27.6 Å². The van der Waals surface area contributed by atoms with E-state index in [9.17, 15) is 34.9 Å². The number of likely N-dealkylation sites (N-methyl/N-ethyl adjacent to an activating group) is 1. The van der Waals surface area contributed by atoms with Crippen LogP contribution in [0, 0.1) is 20.2 Å². The number of rotatable bonds is 7. The fourth-order valence-electron chi connectivity index (χ4n) is 2.61. The number of nitrogens with zero attached hydrogens (tertiary/aromatic N) is 3. The van der Waals surface area contributed by atoms with Crippen molar-refractivity contribution in [2.75, 3.05) is 7.05 Å². The first-order valence-electron chi connectivity index (χ1n) is 7.78. The highest BCUT2D eigenvalue weighted by molar-refractivity contribution is 6.35. The second-order valence-electron chi connectivity index (χ2n) is 5.90. The Morgan fingerprint density at radius 3 is 1.79 bits per heavy atom. The Morgan fingerprint density at radius 2 is 1.43 bits per heavy atom. The van der Waals surface area contributed by atoms with Crippen LogP contribution in [-0.2, 0) is 15.2 Å². The van der Waals surface area contributed by atoms with Gasteiger partial charge in [0.25, 0.3) is 11.4 Å². The number of hydrogen-bond donors (Lipinski definition) is 2. The Bertz CT molecular complexity index is 899. The molecular weight excluding hydrogens is 374 g/mol. The molecule has 0 saturated heterocycles. The summed E-state index contributed by atoms with van der Waals surface area (Å²) in [7, 11) is 0.917. The molecule has 0 unspecified atom stereocenters. The number of nitro benzene ring substituents is 2. The Hall–Kier alpha value is -3.70. The summed E-state index contributed by atoms with van der Waals surface area (Å²) in [6.45, 7) is 0. The molecule has 0 saturated carbocycles. The number of hydroxylamine groups is 2. The molecular formula is C17H15N3O8. The second-order valence-corrected chi connectivity index (χ2v) is 5.90. The van der Waals surface area contributed by atoms with Gasteiger partial charge in [0.2, 0.25) is 5.78 Å². The normalized spacial score (nSPS) is 11.0. The van der Waals surface area contributed by atoms with Crippen LogP contribution in [0.15, 0.2) is 48.5 Å². The number of ketones is 1. The molecule has 0 fully saturated rings. The third kappa shape index (κ3) is 4.16. The minimum Gasteiger partial charge on any atom is -0.380 e. The average Bonchev–Trinajstić information content (AvgIpc) is 2.67. The van der Waals surface area contributed by atoms with Gasteiger partial charge >= 0.3 is 5.91 Å². The van der Waals surface area contributed by atoms with Gasteiger partial charge in [-0.1, -0.05) is 24.3 Å². The van der Waals surface area contributed by atoms with Crippen molar-refractivity contribution in [1.82, 2.24) is 5.06 Å². The van der Waals surface area contributed by atoms with Crippen molar-refractivity contribution in [2.45, 2.75) is 12.0 Å². The van der Waals surface area contributed by atoms with Crippen LogP contribution in [0.25, 0.3) is 0 Å². The van der Waals surface area contributed by atoms with Gasteiger partial charge in [0, 0.05) is 31.3 Å². The lowest BCUT2D eigenvalue weighted by molar-refractivity contribution is -0.385. The molecule has 2 aromatic rings. The highest BCUT2D eigenvalue weighted by Gasteiger charge is 2.38. The Kier molecular flexibility index (Phi) is 5.81. The molecule has 0 spiro atoms. The Balaban J connectivity index is 2.64. The van der Waals surface area contributed by atoms with Gasteiger partial charge < -0.3 is 5.11 Å². The van der Waals surface area contributed by atoms with Crippen LogP contribution >= 0.6 is 0 Å². The maximum absolute atomic E-state index is 12.2. The van der Waals surface area contributed by atoms with Gasteiger partial charge in [-0.2, -0.15) is 0 Å². The molecule has 2 N–H and O–H groups in total. The predicted molar refractivity (Wildman–Crippen MR) is 93.4 cm³/mol. The van der Waals surface area contributed by atoms with Crippen molar-refractivity contribution >= 4 is 23.1 Å². The molecule has 0 aliphatic heterocycles. The van der Waals surface area contributed by atoms with Crippen molar-refractivity contribution in [3.8, 4) is 0 Å². The summed E-state index contributed by atoms with van der Waals surface area (Å²) < 4.78 is 0. The van der Waals surface area contributed by atoms with Crippen LogP contribution in [0.4, 0.5) is 11.4 Å². The molecule has 0 radical (unpaired) electrons. The maximum Gasteiger partial charge on any atom is 0.313 e. The molecule has 2 aromatic carbocycles. The minimum atomic E-state index is -2.29. The molecule has 0 atom stereocenters. The second kappa shape index (κ2) is 7.90. The summed E-state index contributed by atoms with van der Waals surface area (Å²) in [4.78, 5) is 44.6. The molecule has 0 bridgehead atoms. The molecule has 0 aliphatic rings. The van der Waals surface area contributed by atoms with Gasteiger partial charge in [0.15, 0.2) is 0 Å². The van der Waals surface area contributed by atoms with Gasteiger partial charge in [-0.25, -0.2) is 5.06 Å². The van der Waals surface area contributed by atoms with Crippen LogP contribution < -0.4 is 0 Å². The molecule has 146 valence electrons. The van der Waals surface area contributed by atoms with Gasteiger partial charge in [-0.3, -0.25) is 35.0 Å². The van der Waals surface area contributed by atoms with Crippen molar-refractivity contribution in [2.24, 2.45) is 0 Å². The number of carbonyl (C=O) groups excluding carboxylic acids is 2. The highest BCUT2D eigenvalue weighted by Crippen LogP contribution is 2.36. The van der Waals surface area contributed by atoms with Gasteiger partial charge in [-0.05, 0) is 11.1 Å². The number of benzene rings is 2. The number of carbonyl (C=O) groups is 2. The van der Waals surface area contributed by atoms with Crippen LogP contribution in [0.1, 0.15) is 17.5 Å². The zero-order chi connectivity index (χ0) is 21.1. The first kappa shape index (κ1) is 20.6. The number of nitro groups is 2. The Labute approximate surface area is 157 Å². The standard InChI is InChI=1S/C17H15N3O8/c1-18(24)16(22)15(21)10-17(23,11-4-2-6-13(8-11)19(25)26)12-5-3-7-14(9-12)20(27)28/h2-9,23-24H,10H2,1H3. The number of hydrogen-bond acceptors (Lipinski definition) is 8. The Morgan fingerprint density at radius 1 is 1.00 bits per heavy atom. The lowest BCUT2D eigenvalue weighted by atomic mass is 9.81. The zero-order valence-corrected chi connectivity index (χ0v) is 14.5. The predicted octanol–water partition coefficient (Wildman–Crippen LogP) is 1.55. The van der Waals surface area contributed by atoms with Crippen molar-refractivity contribution in [3.63, 3.8) is 0 Å². The summed E-state index contributed by atoms with van der Waals surface area (Å²) in [5.74, 6) is -2.53. The molecule has 2 rings (SSSR count). The summed E-state index contributed by atoms with van der Waals surface area (Å²) in [5, 5.41) is 42.6. The highest BCUT2D eigenvalue weighted by atomic mass is 16.6. The minimum absolute atomic E-state index is 0.0314. The maximum atomic E-state index is 12.2. The lowest BCUT2D eigenvalue weighted by Gasteiger charge is -2.28. The van der Waals surface area contributed by atoms with Crippen molar-refractivity contribution in [3.05, 3.63) is 79.9 Å². The van der Waals surface area contributed by atoms with Crippen LogP contribution in [0.5, 0.6) is 0 Å². The van der Waals surface area contributed by atoms with E-state index in [1.54, 1.807) is 0 Å². The fourth-order valence-corrected chi connectivity index (χ4v) is 2.61. The number of non-ortho nitro benzene ring substituents is 2. The average molecular weight is 389 g/mol. The number of aliphatic hydroxyl groups is 1. The molecule has 11 heteroatoms. The van der Waals surface area contributed by atoms with E-state index < -0.39 is 33.6 Å². The first-order valence-corrected chi connectivity index (χ1v) is 7.78. The van der Waals surface area contributed by atoms with Crippen LogP contribution in [0.3, 0.4) is 0 Å². The summed E-state index contributed by atoms with van der Waals surface area (Å²) in [6, 6.07) is 9.41. The quantitative estimate of drug-likeness (QED) is 0.311. The monoisotopic (exact) mass is 389 g/mol. The number of Topliss-reactive ketones (excluding diaryl/α,β-unsaturated/α-hetero) is 1. The molecule has 0 aromatic heterocycles. The molecule has 0 heterocycles. The van der Waals surface area contributed by atoms with E-state index >= 15 is 0 Å². The van der Waals surface area contributed by atoms with Gasteiger partial charge in [-0.15, -0.1) is 0 Å². The third-order valence-electron chi connectivity index (χ3n) is 4.02. The molecule has 28 heavy (non-hydrogen) atoms. The summed E-state index contributed by atoms with van der Waals surface area (Å²) in [6.07, 6.45) is -0.904. The first-order chi connectivity index (χ1) is 13.1. The summed E-state index contributed by atoms with van der Waals surface area (Å²) >= 11 is 0. The van der Waals surface area contributed by atoms with Gasteiger partial charge in [0.05, 0.1) is 16.3 Å². The third-order valence-corrected chi connectivity index (χ3v) is 4.02. The van der Waals surface area contributed by atoms with Gasteiger partial charge in [0.1, 0.15) is 5.60 Å². The fraction of sp³-hybridized carbons (Fsp3) is 0.176. The van der Waals surface area contributed by atoms with E-state index in [0.717, 1.165) is 31.3 Å². The zero-order valence-electron chi connectivity index (χ0n) is 14.5. The number of amides is 1. The van der Waals surface area contributed by atoms with Crippen molar-refractivity contribution < 1.29 is 29.7 Å². The van der Waals surface area contributed by atoms with Crippen LogP contribution in [-0.4, -0.2) is 44.0 Å². The lowest BCUT2D eigenvalue weighted by Crippen LogP contribution is -2.37. The van der Waals surface area contributed by atoms with E-state index in [2.05, 4.69) is 0 Å². The smallest absolute Gasteiger partial charge is 0.313 e. The summed E-state index contributed by atoms with van der Waals surface area (Å²) in [5.41, 5.74) is -3.31. The molecule has 11 nitrogen and oxygen atoms in total. The van der Waals surface area contributed by atoms with E-state index in [0.29, 0.717) is 0 Å². The van der Waals surface area contributed by atoms with Crippen molar-refractivity contribution in [1.29, 1.82) is 0 Å². The van der Waals surface area contributed by atoms with E-state index in [1.165, 1.54) is 24.3 Å². The molecule has 0 aliphatic carbocycles.